The Labute approximate surface area is 227 Å². The Kier molecular flexibility index (Phi) is 25.1. The lowest BCUT2D eigenvalue weighted by Gasteiger charge is -2.33. The maximum atomic E-state index is 10.3. The van der Waals surface area contributed by atoms with Gasteiger partial charge in [0.05, 0.1) is 28.1 Å². The second kappa shape index (κ2) is 23.5. The molecule has 16 heteroatoms. The molecule has 0 saturated carbocycles. The fraction of sp³-hybridized carbons (Fsp3) is 1.00. The molecule has 13 N–H and O–H groups in total. The first-order valence-electron chi connectivity index (χ1n) is 11.7. The minimum Gasteiger partial charge on any atom is -0.394 e. The highest BCUT2D eigenvalue weighted by Gasteiger charge is 2.34. The molecule has 11 atom stereocenters. The molecule has 35 heavy (non-hydrogen) atoms. The van der Waals surface area contributed by atoms with Crippen molar-refractivity contribution < 1.29 is 53.8 Å². The third kappa shape index (κ3) is 16.0. The minimum absolute atomic E-state index is 0. The summed E-state index contributed by atoms with van der Waals surface area (Å²) >= 11 is 0. The number of hydrogen-bond donors (Lipinski definition) is 12. The van der Waals surface area contributed by atoms with Gasteiger partial charge in [0.2, 0.25) is 0 Å². The number of hydrogen-bond acceptors (Lipinski definition) is 13. The predicted molar refractivity (Wildman–Crippen MR) is 136 cm³/mol. The normalized spacial score (nSPS) is 21.7. The van der Waals surface area contributed by atoms with Crippen molar-refractivity contribution in [1.82, 2.24) is 10.2 Å². The van der Waals surface area contributed by atoms with Crippen LogP contribution in [0.4, 0.5) is 0 Å². The maximum Gasteiger partial charge on any atom is 0.111 e. The van der Waals surface area contributed by atoms with Crippen LogP contribution in [0.15, 0.2) is 0 Å². The van der Waals surface area contributed by atoms with Crippen LogP contribution in [0.2, 0.25) is 0 Å². The topological polar surface area (TPSA) is 244 Å². The summed E-state index contributed by atoms with van der Waals surface area (Å²) in [6.07, 6.45) is -14.3. The van der Waals surface area contributed by atoms with E-state index in [1.165, 1.54) is 4.90 Å². The van der Waals surface area contributed by atoms with Gasteiger partial charge in [-0.05, 0) is 25.9 Å². The summed E-state index contributed by atoms with van der Waals surface area (Å²) in [7, 11) is 0. The molecule has 3 unspecified atom stereocenters. The Hall–Kier alpha value is 0.350. The predicted octanol–water partition coefficient (Wildman–Crippen LogP) is -4.86. The van der Waals surface area contributed by atoms with E-state index in [1.54, 1.807) is 0 Å². The third-order valence-corrected chi connectivity index (χ3v) is 5.25. The first-order valence-corrected chi connectivity index (χ1v) is 10.6. The van der Waals surface area contributed by atoms with Crippen molar-refractivity contribution in [3.05, 3.63) is 0 Å². The van der Waals surface area contributed by atoms with E-state index in [4.69, 9.17) is 18.7 Å². The fourth-order valence-corrected chi connectivity index (χ4v) is 3.04. The molecule has 218 valence electrons. The van der Waals surface area contributed by atoms with Gasteiger partial charge in [0.25, 0.3) is 0 Å². The highest BCUT2D eigenvalue weighted by molar-refractivity contribution is 5.86. The molecule has 0 aromatic rings. The molecule has 0 amide bonds. The lowest BCUT2D eigenvalue weighted by molar-refractivity contribution is -0.130. The summed E-state index contributed by atoms with van der Waals surface area (Å²) in [5.41, 5.74) is 5.63. The summed E-state index contributed by atoms with van der Waals surface area (Å²) in [5, 5.41) is 101. The number of aliphatic hydroxyl groups is 10. The van der Waals surface area contributed by atoms with E-state index in [0.29, 0.717) is 19.5 Å². The number of nitrogens with two attached hydrogens (primary N) is 1. The van der Waals surface area contributed by atoms with E-state index in [1.807, 2.05) is 6.92 Å². The molecular weight excluding hydrogens is 537 g/mol. The largest absolute Gasteiger partial charge is 0.394 e. The van der Waals surface area contributed by atoms with Crippen LogP contribution in [-0.2, 0) is 0 Å². The van der Waals surface area contributed by atoms with Crippen LogP contribution in [0.25, 0.3) is 0 Å². The van der Waals surface area contributed by atoms with Gasteiger partial charge in [0.1, 0.15) is 36.6 Å². The van der Waals surface area contributed by atoms with Crippen LogP contribution in [0.1, 0.15) is 22.5 Å². The summed E-state index contributed by atoms with van der Waals surface area (Å²) in [5.74, 6) is 0. The van der Waals surface area contributed by atoms with Crippen molar-refractivity contribution in [2.24, 2.45) is 5.73 Å². The van der Waals surface area contributed by atoms with Crippen LogP contribution in [-0.4, -0.2) is 157 Å². The molecule has 0 aliphatic carbocycles. The van der Waals surface area contributed by atoms with Crippen LogP contribution >= 0.6 is 37.2 Å². The number of halogens is 3. The molecule has 0 aliphatic rings. The van der Waals surface area contributed by atoms with Gasteiger partial charge in [0.15, 0.2) is 0 Å². The summed E-state index contributed by atoms with van der Waals surface area (Å²) < 4.78 is 14.0. The Morgan fingerprint density at radius 3 is 1.43 bits per heavy atom. The van der Waals surface area contributed by atoms with Gasteiger partial charge in [-0.25, -0.2) is 0 Å². The highest BCUT2D eigenvalue weighted by Crippen LogP contribution is 2.11. The second-order valence-electron chi connectivity index (χ2n) is 7.78. The van der Waals surface area contributed by atoms with Crippen LogP contribution in [0.5, 0.6) is 0 Å². The number of rotatable bonds is 19. The Morgan fingerprint density at radius 1 is 0.743 bits per heavy atom. The zero-order valence-corrected chi connectivity index (χ0v) is 22.0. The molecule has 0 bridgehead atoms. The van der Waals surface area contributed by atoms with Crippen molar-refractivity contribution in [3.8, 4) is 0 Å². The Bertz CT molecular complexity index is 506. The quantitative estimate of drug-likeness (QED) is 0.0638. The van der Waals surface area contributed by atoms with E-state index >= 15 is 0 Å². The monoisotopic (exact) mass is 583 g/mol. The van der Waals surface area contributed by atoms with Gasteiger partial charge in [-0.3, -0.25) is 4.90 Å². The van der Waals surface area contributed by atoms with Crippen LogP contribution in [0.3, 0.4) is 0 Å². The lowest BCUT2D eigenvalue weighted by Crippen LogP contribution is -2.53. The van der Waals surface area contributed by atoms with Crippen molar-refractivity contribution in [3.63, 3.8) is 0 Å². The molecule has 0 fully saturated rings. The SMILES string of the molecule is Cl.Cl.Cl.[2H]C(O)[C@@H](O)[C@@H](O)[C@H](O)[C@@H](O)CN(CCCNC(CC)CN)C[C@H](O)[C@@H](O)[C@H](O)[C@H](O)C([2H])O. The van der Waals surface area contributed by atoms with Crippen molar-refractivity contribution in [2.75, 3.05) is 45.9 Å². The summed E-state index contributed by atoms with van der Waals surface area (Å²) in [6, 6.07) is 0.0779. The number of aliphatic hydroxyl groups excluding tert-OH is 10. The molecule has 0 spiro atoms. The van der Waals surface area contributed by atoms with E-state index in [9.17, 15) is 40.9 Å². The van der Waals surface area contributed by atoms with E-state index < -0.39 is 75.1 Å². The molecule has 0 aliphatic heterocycles. The van der Waals surface area contributed by atoms with Crippen molar-refractivity contribution >= 4 is 37.2 Å². The molecule has 0 saturated heterocycles. The minimum atomic E-state index is -2.12. The smallest absolute Gasteiger partial charge is 0.111 e. The Morgan fingerprint density at radius 2 is 1.11 bits per heavy atom. The van der Waals surface area contributed by atoms with Gasteiger partial charge in [-0.15, -0.1) is 37.2 Å². The van der Waals surface area contributed by atoms with E-state index in [0.717, 1.165) is 6.42 Å². The van der Waals surface area contributed by atoms with E-state index in [2.05, 4.69) is 5.32 Å². The highest BCUT2D eigenvalue weighted by atomic mass is 35.5. The van der Waals surface area contributed by atoms with E-state index in [-0.39, 0.29) is 49.8 Å². The van der Waals surface area contributed by atoms with Crippen LogP contribution in [0, 0.1) is 0 Å². The van der Waals surface area contributed by atoms with Gasteiger partial charge >= 0.3 is 0 Å². The first kappa shape index (κ1) is 37.5. The molecule has 0 rings (SSSR count). The summed E-state index contributed by atoms with van der Waals surface area (Å²) in [6.45, 7) is -1.99. The number of nitrogens with zero attached hydrogens (tertiary/aromatic N) is 1. The van der Waals surface area contributed by atoms with Gasteiger partial charge in [0, 0.05) is 25.7 Å². The molecule has 0 aromatic carbocycles. The average molecular weight is 585 g/mol. The standard InChI is InChI=1S/C19H43N3O10.3ClH/c1-2-11(6-20)21-4-3-5-22(7-12(25)16(29)18(31)14(27)9-23)8-13(26)17(30)19(32)15(28)10-24;;;/h11-19,21,23-32H,2-10,20H2,1H3;3*1H/t11?,12-,13-,14+,15+,16+,17+,18+,19+;;;/m0.../s1/i9D,10D;;;/t9?,10?,11?,12-,13-,14+,15+,16+,17+,18+,19+;;;. The zero-order valence-electron chi connectivity index (χ0n) is 21.5. The van der Waals surface area contributed by atoms with Gasteiger partial charge in [-0.2, -0.15) is 0 Å². The molecule has 0 radical (unpaired) electrons. The van der Waals surface area contributed by atoms with Crippen LogP contribution < -0.4 is 11.1 Å². The summed E-state index contributed by atoms with van der Waals surface area (Å²) in [4.78, 5) is 1.37. The zero-order chi connectivity index (χ0) is 26.6. The maximum absolute atomic E-state index is 10.3. The molecular formula is C19H46Cl3N3O10. The molecule has 0 heterocycles. The van der Waals surface area contributed by atoms with Gasteiger partial charge < -0.3 is 62.1 Å². The lowest BCUT2D eigenvalue weighted by atomic mass is 10.0. The third-order valence-electron chi connectivity index (χ3n) is 5.25. The second-order valence-corrected chi connectivity index (χ2v) is 7.78. The number of nitrogens with one attached hydrogen (secondary N) is 1. The Balaban J connectivity index is -0.00000181. The van der Waals surface area contributed by atoms with Crippen molar-refractivity contribution in [1.29, 1.82) is 0 Å². The van der Waals surface area contributed by atoms with Gasteiger partial charge in [-0.1, -0.05) is 6.92 Å². The fourth-order valence-electron chi connectivity index (χ4n) is 3.04. The first-order chi connectivity index (χ1) is 15.8. The van der Waals surface area contributed by atoms with Crippen molar-refractivity contribution in [2.45, 2.75) is 74.6 Å². The molecule has 13 nitrogen and oxygen atoms in total. The average Bonchev–Trinajstić information content (AvgIpc) is 2.80. The molecule has 0 aromatic heterocycles.